The van der Waals surface area contributed by atoms with Crippen LogP contribution in [0.1, 0.15) is 52.7 Å². The third kappa shape index (κ3) is 6.68. The lowest BCUT2D eigenvalue weighted by atomic mass is 10.2. The highest BCUT2D eigenvalue weighted by Crippen LogP contribution is 2.12. The molecule has 0 atom stereocenters. The molecular weight excluding hydrogens is 348 g/mol. The van der Waals surface area contributed by atoms with Gasteiger partial charge in [0.2, 0.25) is 0 Å². The summed E-state index contributed by atoms with van der Waals surface area (Å²) in [5, 5.41) is 5.27. The number of pyridine rings is 1. The molecule has 0 aromatic carbocycles. The summed E-state index contributed by atoms with van der Waals surface area (Å²) in [6.45, 7) is 16.0. The topological polar surface area (TPSA) is 74.0 Å². The fourth-order valence-corrected chi connectivity index (χ4v) is 2.27. The largest absolute Gasteiger partial charge is 0.396 e. The monoisotopic (exact) mass is 384 g/mol. The van der Waals surface area contributed by atoms with Crippen molar-refractivity contribution in [2.45, 2.75) is 55.4 Å². The molecule has 28 heavy (non-hydrogen) atoms. The highest BCUT2D eigenvalue weighted by atomic mass is 15.2. The molecule has 6 nitrogen and oxygen atoms in total. The minimum absolute atomic E-state index is 0.626. The second-order valence-corrected chi connectivity index (χ2v) is 5.34. The molecule has 0 fully saturated rings. The lowest BCUT2D eigenvalue weighted by Gasteiger charge is -1.94. The number of nitrogens with zero attached hydrogens (tertiary/aromatic N) is 5. The summed E-state index contributed by atoms with van der Waals surface area (Å²) in [6.07, 6.45) is 9.06. The van der Waals surface area contributed by atoms with Gasteiger partial charge in [-0.15, -0.1) is 0 Å². The molecule has 4 rings (SSSR count). The number of rotatable bonds is 0. The Morgan fingerprint density at radius 1 is 0.857 bits per heavy atom. The van der Waals surface area contributed by atoms with E-state index in [1.54, 1.807) is 23.1 Å². The Morgan fingerprint density at radius 2 is 1.46 bits per heavy atom. The van der Waals surface area contributed by atoms with E-state index in [1.165, 1.54) is 10.9 Å². The zero-order valence-electron chi connectivity index (χ0n) is 18.9. The van der Waals surface area contributed by atoms with Crippen molar-refractivity contribution in [1.82, 2.24) is 24.1 Å². The summed E-state index contributed by atoms with van der Waals surface area (Å²) in [5.74, 6) is 0. The van der Waals surface area contributed by atoms with Crippen molar-refractivity contribution in [2.75, 3.05) is 5.73 Å². The quantitative estimate of drug-likeness (QED) is 0.429. The average molecular weight is 385 g/mol. The molecule has 0 aliphatic heterocycles. The van der Waals surface area contributed by atoms with Gasteiger partial charge >= 0.3 is 0 Å². The number of aromatic nitrogens is 5. The van der Waals surface area contributed by atoms with E-state index in [0.29, 0.717) is 5.69 Å². The number of nitrogens with two attached hydrogens (primary N) is 1. The van der Waals surface area contributed by atoms with Crippen LogP contribution in [0.2, 0.25) is 0 Å². The van der Waals surface area contributed by atoms with E-state index in [0.717, 1.165) is 16.9 Å². The first kappa shape index (κ1) is 25.1. The lowest BCUT2D eigenvalue weighted by molar-refractivity contribution is 0.942. The minimum atomic E-state index is 0.626. The fraction of sp³-hybridized carbons (Fsp3) is 0.409. The summed E-state index contributed by atoms with van der Waals surface area (Å²) in [4.78, 5) is 8.42. The van der Waals surface area contributed by atoms with Crippen molar-refractivity contribution in [2.24, 2.45) is 7.05 Å². The van der Waals surface area contributed by atoms with Crippen LogP contribution in [0.4, 0.5) is 5.69 Å². The number of nitrogen functional groups attached to an aromatic ring is 1. The first-order valence-electron chi connectivity index (χ1n) is 9.98. The predicted molar refractivity (Wildman–Crippen MR) is 122 cm³/mol. The van der Waals surface area contributed by atoms with Gasteiger partial charge in [0.05, 0.1) is 24.3 Å². The fourth-order valence-electron chi connectivity index (χ4n) is 2.27. The van der Waals surface area contributed by atoms with Gasteiger partial charge in [0, 0.05) is 30.4 Å². The van der Waals surface area contributed by atoms with Crippen LogP contribution in [0.5, 0.6) is 0 Å². The summed E-state index contributed by atoms with van der Waals surface area (Å²) in [5.41, 5.74) is 10.3. The summed E-state index contributed by atoms with van der Waals surface area (Å²) in [6, 6.07) is 4.22. The van der Waals surface area contributed by atoms with Crippen LogP contribution < -0.4 is 5.73 Å². The molecule has 0 spiro atoms. The number of anilines is 1. The van der Waals surface area contributed by atoms with Gasteiger partial charge in [-0.3, -0.25) is 0 Å². The van der Waals surface area contributed by atoms with E-state index >= 15 is 0 Å². The summed E-state index contributed by atoms with van der Waals surface area (Å²) >= 11 is 0. The highest BCUT2D eigenvalue weighted by Gasteiger charge is 1.99. The molecule has 4 aromatic heterocycles. The molecule has 0 aliphatic carbocycles. The van der Waals surface area contributed by atoms with Crippen molar-refractivity contribution in [3.8, 4) is 0 Å². The Kier molecular flexibility index (Phi) is 11.9. The molecule has 4 aromatic rings. The van der Waals surface area contributed by atoms with Gasteiger partial charge in [-0.1, -0.05) is 41.5 Å². The molecular formula is C22H36N6. The normalized spacial score (nSPS) is 9.04. The maximum atomic E-state index is 5.51. The van der Waals surface area contributed by atoms with Gasteiger partial charge in [0.15, 0.2) is 5.65 Å². The SMILES string of the molecule is CC.CC.CC.Cc1cnc2c(ccn2C)c1.Cc1cnn2cc(N)cnc12. The smallest absolute Gasteiger partial charge is 0.157 e. The van der Waals surface area contributed by atoms with Crippen molar-refractivity contribution in [3.05, 3.63) is 54.2 Å². The van der Waals surface area contributed by atoms with E-state index < -0.39 is 0 Å². The Labute approximate surface area is 169 Å². The molecule has 0 aliphatic rings. The molecule has 6 heteroatoms. The van der Waals surface area contributed by atoms with Crippen LogP contribution in [-0.4, -0.2) is 24.1 Å². The Balaban J connectivity index is 0.000000412. The summed E-state index contributed by atoms with van der Waals surface area (Å²) < 4.78 is 3.69. The van der Waals surface area contributed by atoms with Crippen LogP contribution in [0.25, 0.3) is 16.7 Å². The predicted octanol–water partition coefficient (Wildman–Crippen LogP) is 5.58. The second kappa shape index (κ2) is 13.3. The third-order valence-electron chi connectivity index (χ3n) is 3.40. The van der Waals surface area contributed by atoms with Gasteiger partial charge in [0.25, 0.3) is 0 Å². The molecule has 0 radical (unpaired) electrons. The van der Waals surface area contributed by atoms with Gasteiger partial charge < -0.3 is 10.3 Å². The van der Waals surface area contributed by atoms with Gasteiger partial charge in [-0.25, -0.2) is 14.5 Å². The van der Waals surface area contributed by atoms with Gasteiger partial charge in [0.1, 0.15) is 5.65 Å². The summed E-state index contributed by atoms with van der Waals surface area (Å²) in [7, 11) is 2.00. The molecule has 0 saturated heterocycles. The van der Waals surface area contributed by atoms with Gasteiger partial charge in [-0.05, 0) is 31.5 Å². The van der Waals surface area contributed by atoms with E-state index in [-0.39, 0.29) is 0 Å². The molecule has 2 N–H and O–H groups in total. The molecule has 0 bridgehead atoms. The Morgan fingerprint density at radius 3 is 2.11 bits per heavy atom. The second-order valence-electron chi connectivity index (χ2n) is 5.34. The highest BCUT2D eigenvalue weighted by molar-refractivity contribution is 5.76. The maximum Gasteiger partial charge on any atom is 0.157 e. The molecule has 4 heterocycles. The molecule has 154 valence electrons. The van der Waals surface area contributed by atoms with Crippen molar-refractivity contribution >= 4 is 22.4 Å². The number of aryl methyl sites for hydroxylation is 3. The van der Waals surface area contributed by atoms with Crippen LogP contribution in [-0.2, 0) is 7.05 Å². The zero-order chi connectivity index (χ0) is 21.7. The Hall–Kier alpha value is -2.89. The first-order chi connectivity index (χ1) is 13.5. The number of hydrogen-bond donors (Lipinski definition) is 1. The first-order valence-corrected chi connectivity index (χ1v) is 9.98. The Bertz CT molecular complexity index is 859. The van der Waals surface area contributed by atoms with Crippen molar-refractivity contribution in [1.29, 1.82) is 0 Å². The molecule has 0 amide bonds. The van der Waals surface area contributed by atoms with Crippen LogP contribution in [0.15, 0.2) is 43.1 Å². The zero-order valence-corrected chi connectivity index (χ0v) is 18.9. The number of hydrogen-bond acceptors (Lipinski definition) is 4. The van der Waals surface area contributed by atoms with Crippen molar-refractivity contribution < 1.29 is 0 Å². The van der Waals surface area contributed by atoms with Crippen LogP contribution in [0, 0.1) is 13.8 Å². The maximum absolute atomic E-state index is 5.51. The van der Waals surface area contributed by atoms with Crippen LogP contribution >= 0.6 is 0 Å². The van der Waals surface area contributed by atoms with E-state index in [2.05, 4.69) is 34.1 Å². The van der Waals surface area contributed by atoms with Gasteiger partial charge in [-0.2, -0.15) is 5.10 Å². The molecule has 0 unspecified atom stereocenters. The standard InChI is InChI=1S/C9H10N2.C7H8N4.3C2H6/c1-7-5-8-3-4-11(2)9(8)10-6-7;1-5-2-10-11-4-6(8)3-9-7(5)11;3*1-2/h3-6H,1-2H3;2-4H,8H2,1H3;3*1-2H3. The average Bonchev–Trinajstić information content (AvgIpc) is 3.29. The van der Waals surface area contributed by atoms with Crippen molar-refractivity contribution in [3.63, 3.8) is 0 Å². The number of fused-ring (bicyclic) bond motifs is 2. The lowest BCUT2D eigenvalue weighted by Crippen LogP contribution is -1.94. The van der Waals surface area contributed by atoms with E-state index in [1.807, 2.05) is 72.5 Å². The van der Waals surface area contributed by atoms with Crippen LogP contribution in [0.3, 0.4) is 0 Å². The minimum Gasteiger partial charge on any atom is -0.396 e. The van der Waals surface area contributed by atoms with E-state index in [9.17, 15) is 0 Å². The third-order valence-corrected chi connectivity index (χ3v) is 3.40. The van der Waals surface area contributed by atoms with E-state index in [4.69, 9.17) is 5.73 Å². The molecule has 0 saturated carbocycles.